The van der Waals surface area contributed by atoms with E-state index in [1.54, 1.807) is 36.4 Å². The number of hydrogen-bond donors (Lipinski definition) is 2. The van der Waals surface area contributed by atoms with Crippen LogP contribution >= 0.6 is 23.2 Å². The average Bonchev–Trinajstić information content (AvgIpc) is 3.42. The zero-order valence-electron chi connectivity index (χ0n) is 26.2. The van der Waals surface area contributed by atoms with Gasteiger partial charge in [0.25, 0.3) is 11.8 Å². The molecule has 0 spiro atoms. The van der Waals surface area contributed by atoms with Gasteiger partial charge in [-0.2, -0.15) is 0 Å². The summed E-state index contributed by atoms with van der Waals surface area (Å²) in [6.07, 6.45) is 5.60. The number of methoxy groups -OCH3 is 1. The maximum atomic E-state index is 14.4. The largest absolute Gasteiger partial charge is 0.508 e. The zero-order chi connectivity index (χ0) is 34.8. The van der Waals surface area contributed by atoms with E-state index in [1.165, 1.54) is 42.3 Å². The fraction of sp³-hybridized carbons (Fsp3) is 0.297. The first kappa shape index (κ1) is 32.9. The molecule has 2 saturated heterocycles. The minimum Gasteiger partial charge on any atom is -0.508 e. The molecule has 0 aromatic heterocycles. The quantitative estimate of drug-likeness (QED) is 0.187. The first-order valence-corrected chi connectivity index (χ1v) is 16.5. The summed E-state index contributed by atoms with van der Waals surface area (Å²) >= 11 is 14.7. The number of imide groups is 2. The molecule has 3 aromatic carbocycles. The number of rotatable bonds is 7. The van der Waals surface area contributed by atoms with E-state index >= 15 is 0 Å². The molecule has 2 aliphatic carbocycles. The van der Waals surface area contributed by atoms with Gasteiger partial charge < -0.3 is 14.9 Å². The van der Waals surface area contributed by atoms with Crippen LogP contribution in [0.2, 0.25) is 0 Å². The number of amides is 4. The van der Waals surface area contributed by atoms with Crippen LogP contribution in [0.1, 0.15) is 24.0 Å². The summed E-state index contributed by atoms with van der Waals surface area (Å²) < 4.78 is 19.1. The molecule has 2 N–H and O–H groups in total. The first-order chi connectivity index (χ1) is 23.4. The van der Waals surface area contributed by atoms with Crippen molar-refractivity contribution in [3.05, 3.63) is 101 Å². The highest BCUT2D eigenvalue weighted by atomic mass is 35.5. The topological polar surface area (TPSA) is 124 Å². The highest BCUT2D eigenvalue weighted by Gasteiger charge is 2.76. The van der Waals surface area contributed by atoms with Gasteiger partial charge in [0, 0.05) is 12.5 Å². The number of fused-ring (bicyclic) bond motifs is 4. The summed E-state index contributed by atoms with van der Waals surface area (Å²) in [5, 5.41) is 19.7. The normalized spacial score (nSPS) is 29.3. The standard InChI is InChI=1S/C37H31Cl2FN2O7/c1-49-30-18-21(5-15-29(30)44)4-14-28-25-12-13-26-31(33(46)41(32(26)45)17-16-20-2-10-24(43)11-3-20)27(25)19-36(38)34(47)42(35(48)37(28,36)39)23-8-6-22(40)7-9-23/h2-12,14-15,18,26-28,31,43-44H,13,16-17,19H2,1H3/t26-,27+,28-,31-,36+,37-/m0/s1. The molecular formula is C37H31Cl2FN2O7. The van der Waals surface area contributed by atoms with Crippen molar-refractivity contribution in [2.45, 2.75) is 29.0 Å². The number of phenols is 2. The molecule has 252 valence electrons. The van der Waals surface area contributed by atoms with Gasteiger partial charge in [0.05, 0.1) is 24.6 Å². The van der Waals surface area contributed by atoms with Gasteiger partial charge in [-0.1, -0.05) is 42.0 Å². The Hall–Kier alpha value is -4.67. The summed E-state index contributed by atoms with van der Waals surface area (Å²) in [7, 11) is 1.41. The predicted molar refractivity (Wildman–Crippen MR) is 180 cm³/mol. The van der Waals surface area contributed by atoms with Crippen LogP contribution in [0, 0.1) is 29.5 Å². The van der Waals surface area contributed by atoms with E-state index in [1.807, 2.05) is 6.08 Å². The molecule has 9 nitrogen and oxygen atoms in total. The number of ether oxygens (including phenoxy) is 1. The molecule has 0 unspecified atom stereocenters. The van der Waals surface area contributed by atoms with Gasteiger partial charge >= 0.3 is 0 Å². The number of anilines is 1. The van der Waals surface area contributed by atoms with Crippen LogP contribution in [0.4, 0.5) is 10.1 Å². The maximum Gasteiger partial charge on any atom is 0.258 e. The maximum absolute atomic E-state index is 14.4. The van der Waals surface area contributed by atoms with Crippen LogP contribution in [-0.2, 0) is 25.6 Å². The Bertz CT molecular complexity index is 1950. The van der Waals surface area contributed by atoms with Gasteiger partial charge in [-0.25, -0.2) is 9.29 Å². The van der Waals surface area contributed by atoms with E-state index < -0.39 is 51.1 Å². The Labute approximate surface area is 291 Å². The minimum absolute atomic E-state index is 0.0714. The predicted octanol–water partition coefficient (Wildman–Crippen LogP) is 5.60. The number of halogens is 3. The monoisotopic (exact) mass is 704 g/mol. The van der Waals surface area contributed by atoms with Crippen LogP contribution in [0.5, 0.6) is 17.2 Å². The van der Waals surface area contributed by atoms with E-state index in [0.717, 1.165) is 22.6 Å². The smallest absolute Gasteiger partial charge is 0.258 e. The zero-order valence-corrected chi connectivity index (χ0v) is 27.7. The number of likely N-dealkylation sites (tertiary alicyclic amines) is 1. The molecule has 3 fully saturated rings. The van der Waals surface area contributed by atoms with Crippen molar-refractivity contribution < 1.29 is 38.5 Å². The van der Waals surface area contributed by atoms with Gasteiger partial charge in [-0.3, -0.25) is 24.1 Å². The van der Waals surface area contributed by atoms with Gasteiger partial charge in [-0.05, 0) is 84.8 Å². The summed E-state index contributed by atoms with van der Waals surface area (Å²) in [4.78, 5) is 54.5. The van der Waals surface area contributed by atoms with Crippen LogP contribution in [0.15, 0.2) is 84.5 Å². The third-order valence-electron chi connectivity index (χ3n) is 10.3. The Kier molecular flexibility index (Phi) is 8.07. The second kappa shape index (κ2) is 12.0. The van der Waals surface area contributed by atoms with E-state index in [0.29, 0.717) is 17.6 Å². The molecule has 12 heteroatoms. The van der Waals surface area contributed by atoms with Gasteiger partial charge in [0.2, 0.25) is 11.8 Å². The molecule has 4 aliphatic rings. The summed E-state index contributed by atoms with van der Waals surface area (Å²) in [6.45, 7) is 0.130. The number of carbonyl (C=O) groups is 4. The summed E-state index contributed by atoms with van der Waals surface area (Å²) in [5.41, 5.74) is 2.15. The number of phenolic OH excluding ortho intramolecular Hbond substituents is 2. The minimum atomic E-state index is -2.04. The molecule has 6 atom stereocenters. The molecule has 0 bridgehead atoms. The Morgan fingerprint density at radius 2 is 1.65 bits per heavy atom. The number of aromatic hydroxyl groups is 2. The number of hydrogen-bond acceptors (Lipinski definition) is 7. The molecule has 2 aliphatic heterocycles. The van der Waals surface area contributed by atoms with Crippen LogP contribution in [-0.4, -0.2) is 62.1 Å². The first-order valence-electron chi connectivity index (χ1n) is 15.8. The number of allylic oxidation sites excluding steroid dienone is 3. The lowest BCUT2D eigenvalue weighted by Crippen LogP contribution is -2.60. The van der Waals surface area contributed by atoms with E-state index in [2.05, 4.69) is 0 Å². The number of carbonyl (C=O) groups excluding carboxylic acids is 4. The third-order valence-corrected chi connectivity index (χ3v) is 11.7. The van der Waals surface area contributed by atoms with Gasteiger partial charge in [-0.15, -0.1) is 23.2 Å². The average molecular weight is 706 g/mol. The van der Waals surface area contributed by atoms with Crippen molar-refractivity contribution in [1.82, 2.24) is 4.90 Å². The molecule has 4 amide bonds. The van der Waals surface area contributed by atoms with Gasteiger partial charge in [0.15, 0.2) is 21.2 Å². The van der Waals surface area contributed by atoms with Crippen LogP contribution < -0.4 is 9.64 Å². The van der Waals surface area contributed by atoms with Crippen LogP contribution in [0.3, 0.4) is 0 Å². The van der Waals surface area contributed by atoms with Gasteiger partial charge in [0.1, 0.15) is 11.6 Å². The van der Waals surface area contributed by atoms with Crippen molar-refractivity contribution >= 4 is 58.6 Å². The molecule has 1 saturated carbocycles. The highest BCUT2D eigenvalue weighted by molar-refractivity contribution is 6.58. The van der Waals surface area contributed by atoms with E-state index in [9.17, 15) is 33.8 Å². The molecule has 3 aromatic rings. The summed E-state index contributed by atoms with van der Waals surface area (Å²) in [6, 6.07) is 16.0. The molecular weight excluding hydrogens is 674 g/mol. The lowest BCUT2D eigenvalue weighted by atomic mass is 9.57. The van der Waals surface area contributed by atoms with Crippen LogP contribution in [0.25, 0.3) is 6.08 Å². The molecule has 0 radical (unpaired) electrons. The van der Waals surface area contributed by atoms with E-state index in [4.69, 9.17) is 27.9 Å². The van der Waals surface area contributed by atoms with Crippen molar-refractivity contribution in [2.24, 2.45) is 23.7 Å². The van der Waals surface area contributed by atoms with Crippen molar-refractivity contribution in [1.29, 1.82) is 0 Å². The Balaban J connectivity index is 1.29. The van der Waals surface area contributed by atoms with E-state index in [-0.39, 0.29) is 54.1 Å². The Morgan fingerprint density at radius 3 is 2.35 bits per heavy atom. The fourth-order valence-corrected chi connectivity index (χ4v) is 8.73. The van der Waals surface area contributed by atoms with Crippen molar-refractivity contribution in [3.63, 3.8) is 0 Å². The molecule has 49 heavy (non-hydrogen) atoms. The molecule has 2 heterocycles. The summed E-state index contributed by atoms with van der Waals surface area (Å²) in [5.74, 6) is -5.82. The second-order valence-corrected chi connectivity index (χ2v) is 14.1. The Morgan fingerprint density at radius 1 is 0.939 bits per heavy atom. The number of nitrogens with zero attached hydrogens (tertiary/aromatic N) is 2. The molecule has 7 rings (SSSR count). The van der Waals surface area contributed by atoms with Crippen molar-refractivity contribution in [2.75, 3.05) is 18.6 Å². The highest BCUT2D eigenvalue weighted by Crippen LogP contribution is 2.63. The second-order valence-electron chi connectivity index (χ2n) is 12.8. The lowest BCUT2D eigenvalue weighted by Gasteiger charge is -2.49. The third kappa shape index (κ3) is 5.03. The van der Waals surface area contributed by atoms with Crippen molar-refractivity contribution in [3.8, 4) is 17.2 Å². The fourth-order valence-electron chi connectivity index (χ4n) is 7.84. The lowest BCUT2D eigenvalue weighted by molar-refractivity contribution is -0.140. The SMILES string of the molecule is COc1cc(C=C[C@H]2C3=CC[C@@H]4C(=O)N(CCc5ccc(O)cc5)C(=O)[C@@H]4[C@@H]3C[C@@]3(Cl)C(=O)N(c4ccc(F)cc4)C(=O)[C@@]23Cl)ccc1O. The number of benzene rings is 3. The number of alkyl halides is 2.